The van der Waals surface area contributed by atoms with Crippen LogP contribution in [0.2, 0.25) is 0 Å². The van der Waals surface area contributed by atoms with E-state index < -0.39 is 11.0 Å². The van der Waals surface area contributed by atoms with Crippen molar-refractivity contribution >= 4 is 23.2 Å². The second-order valence-corrected chi connectivity index (χ2v) is 5.57. The molecule has 0 radical (unpaired) electrons. The summed E-state index contributed by atoms with van der Waals surface area (Å²) >= 11 is 0. The molecule has 0 unspecified atom stereocenters. The van der Waals surface area contributed by atoms with Crippen LogP contribution in [0.4, 0.5) is 11.4 Å². The number of nitrogens with zero attached hydrogens (tertiary/aromatic N) is 2. The number of methoxy groups -OCH3 is 1. The highest BCUT2D eigenvalue weighted by Gasteiger charge is 2.22. The zero-order chi connectivity index (χ0) is 19.0. The van der Waals surface area contributed by atoms with Gasteiger partial charge in [-0.3, -0.25) is 24.6 Å². The van der Waals surface area contributed by atoms with Crippen molar-refractivity contribution in [1.29, 1.82) is 0 Å². The minimum Gasteiger partial charge on any atom is -0.494 e. The Labute approximate surface area is 146 Å². The van der Waals surface area contributed by atoms with Crippen LogP contribution in [0.15, 0.2) is 18.2 Å². The van der Waals surface area contributed by atoms with Crippen LogP contribution in [0.5, 0.6) is 5.75 Å². The summed E-state index contributed by atoms with van der Waals surface area (Å²) in [6, 6.07) is 3.36. The van der Waals surface area contributed by atoms with Crippen molar-refractivity contribution in [3.05, 3.63) is 28.3 Å². The summed E-state index contributed by atoms with van der Waals surface area (Å²) in [5.41, 5.74) is 0.196. The Morgan fingerprint density at radius 3 is 2.64 bits per heavy atom. The molecule has 25 heavy (non-hydrogen) atoms. The third-order valence-corrected chi connectivity index (χ3v) is 3.66. The summed E-state index contributed by atoms with van der Waals surface area (Å²) in [4.78, 5) is 36.0. The molecule has 1 aromatic rings. The van der Waals surface area contributed by atoms with Gasteiger partial charge in [0.2, 0.25) is 11.8 Å². The molecule has 0 fully saturated rings. The van der Waals surface area contributed by atoms with Gasteiger partial charge in [-0.25, -0.2) is 0 Å². The molecule has 0 aliphatic heterocycles. The molecule has 0 aromatic heterocycles. The number of ether oxygens (including phenoxy) is 1. The average molecular weight is 352 g/mol. The predicted molar refractivity (Wildman–Crippen MR) is 93.7 cm³/mol. The Hall–Kier alpha value is -2.68. The lowest BCUT2D eigenvalue weighted by atomic mass is 10.2. The minimum absolute atomic E-state index is 0.0893. The second-order valence-electron chi connectivity index (χ2n) is 5.57. The maximum Gasteiger partial charge on any atom is 0.273 e. The Bertz CT molecular complexity index is 635. The smallest absolute Gasteiger partial charge is 0.273 e. The molecular weight excluding hydrogens is 328 g/mol. The molecule has 2 amide bonds. The van der Waals surface area contributed by atoms with Crippen LogP contribution in [-0.2, 0) is 9.59 Å². The molecule has 0 saturated heterocycles. The van der Waals surface area contributed by atoms with Crippen molar-refractivity contribution in [2.45, 2.75) is 26.3 Å². The fraction of sp³-hybridized carbons (Fsp3) is 0.500. The molecule has 0 aliphatic rings. The van der Waals surface area contributed by atoms with Crippen LogP contribution in [0.1, 0.15) is 20.3 Å². The van der Waals surface area contributed by atoms with E-state index in [1.807, 2.05) is 6.92 Å². The number of hydrogen-bond donors (Lipinski definition) is 2. The van der Waals surface area contributed by atoms with Gasteiger partial charge in [-0.05, 0) is 26.5 Å². The van der Waals surface area contributed by atoms with Crippen molar-refractivity contribution in [3.63, 3.8) is 0 Å². The first-order valence-corrected chi connectivity index (χ1v) is 7.90. The molecule has 9 nitrogen and oxygen atoms in total. The summed E-state index contributed by atoms with van der Waals surface area (Å²) in [7, 11) is 3.03. The molecule has 0 bridgehead atoms. The van der Waals surface area contributed by atoms with E-state index in [0.717, 1.165) is 6.42 Å². The molecule has 0 saturated carbocycles. The van der Waals surface area contributed by atoms with E-state index in [-0.39, 0.29) is 29.8 Å². The van der Waals surface area contributed by atoms with Gasteiger partial charge in [0.1, 0.15) is 5.75 Å². The van der Waals surface area contributed by atoms with Crippen molar-refractivity contribution in [2.75, 3.05) is 32.6 Å². The normalized spacial score (nSPS) is 11.7. The summed E-state index contributed by atoms with van der Waals surface area (Å²) in [5.74, 6) is -0.312. The number of benzene rings is 1. The van der Waals surface area contributed by atoms with Crippen LogP contribution < -0.4 is 15.4 Å². The van der Waals surface area contributed by atoms with E-state index in [1.165, 1.54) is 25.3 Å². The first-order valence-electron chi connectivity index (χ1n) is 7.90. The van der Waals surface area contributed by atoms with Gasteiger partial charge >= 0.3 is 0 Å². The van der Waals surface area contributed by atoms with E-state index in [2.05, 4.69) is 10.6 Å². The molecule has 138 valence electrons. The van der Waals surface area contributed by atoms with Crippen LogP contribution in [0.25, 0.3) is 0 Å². The molecule has 0 spiro atoms. The van der Waals surface area contributed by atoms with Gasteiger partial charge < -0.3 is 15.4 Å². The topological polar surface area (TPSA) is 114 Å². The van der Waals surface area contributed by atoms with E-state index >= 15 is 0 Å². The monoisotopic (exact) mass is 352 g/mol. The molecule has 1 rings (SSSR count). The van der Waals surface area contributed by atoms with Crippen molar-refractivity contribution in [3.8, 4) is 5.75 Å². The van der Waals surface area contributed by atoms with Crippen LogP contribution in [0.3, 0.4) is 0 Å². The Kier molecular flexibility index (Phi) is 7.80. The number of non-ortho nitro benzene ring substituents is 1. The number of carbonyl (C=O) groups excluding carboxylic acids is 2. The molecule has 2 N–H and O–H groups in total. The quantitative estimate of drug-likeness (QED) is 0.513. The lowest BCUT2D eigenvalue weighted by Gasteiger charge is -2.23. The predicted octanol–water partition coefficient (Wildman–Crippen LogP) is 1.39. The number of hydrogen-bond acceptors (Lipinski definition) is 6. The SMILES string of the molecule is CCCNC(=O)CN(C)[C@@H](C)C(=O)Nc1ccc([N+](=O)[O-])cc1OC. The van der Waals surface area contributed by atoms with Crippen LogP contribution in [0, 0.1) is 10.1 Å². The molecule has 0 heterocycles. The number of likely N-dealkylation sites (N-methyl/N-ethyl adjacent to an activating group) is 1. The maximum absolute atomic E-state index is 12.4. The van der Waals surface area contributed by atoms with Gasteiger partial charge in [-0.15, -0.1) is 0 Å². The van der Waals surface area contributed by atoms with Gasteiger partial charge in [-0.1, -0.05) is 6.92 Å². The zero-order valence-electron chi connectivity index (χ0n) is 14.9. The second kappa shape index (κ2) is 9.58. The van der Waals surface area contributed by atoms with Crippen molar-refractivity contribution in [1.82, 2.24) is 10.2 Å². The number of carbonyl (C=O) groups is 2. The lowest BCUT2D eigenvalue weighted by molar-refractivity contribution is -0.384. The highest BCUT2D eigenvalue weighted by atomic mass is 16.6. The summed E-state index contributed by atoms with van der Waals surface area (Å²) in [6.45, 7) is 4.30. The van der Waals surface area contributed by atoms with Gasteiger partial charge in [0, 0.05) is 12.6 Å². The maximum atomic E-state index is 12.4. The minimum atomic E-state index is -0.577. The van der Waals surface area contributed by atoms with Gasteiger partial charge in [-0.2, -0.15) is 0 Å². The average Bonchev–Trinajstić information content (AvgIpc) is 2.59. The van der Waals surface area contributed by atoms with Crippen LogP contribution >= 0.6 is 0 Å². The zero-order valence-corrected chi connectivity index (χ0v) is 14.9. The summed E-state index contributed by atoms with van der Waals surface area (Å²) in [5, 5.41) is 16.2. The van der Waals surface area contributed by atoms with E-state index in [9.17, 15) is 19.7 Å². The fourth-order valence-electron chi connectivity index (χ4n) is 2.02. The molecule has 0 aliphatic carbocycles. The van der Waals surface area contributed by atoms with E-state index in [4.69, 9.17) is 4.74 Å². The number of amides is 2. The number of nitro benzene ring substituents is 1. The lowest BCUT2D eigenvalue weighted by Crippen LogP contribution is -2.44. The fourth-order valence-corrected chi connectivity index (χ4v) is 2.02. The third kappa shape index (κ3) is 6.03. The number of nitro groups is 1. The highest BCUT2D eigenvalue weighted by Crippen LogP contribution is 2.29. The number of rotatable bonds is 9. The third-order valence-electron chi connectivity index (χ3n) is 3.66. The number of anilines is 1. The highest BCUT2D eigenvalue weighted by molar-refractivity contribution is 5.96. The van der Waals surface area contributed by atoms with Gasteiger partial charge in [0.15, 0.2) is 0 Å². The van der Waals surface area contributed by atoms with E-state index in [0.29, 0.717) is 12.2 Å². The van der Waals surface area contributed by atoms with Crippen molar-refractivity contribution < 1.29 is 19.2 Å². The van der Waals surface area contributed by atoms with Crippen molar-refractivity contribution in [2.24, 2.45) is 0 Å². The first-order chi connectivity index (χ1) is 11.8. The Morgan fingerprint density at radius 1 is 1.40 bits per heavy atom. The number of nitrogens with one attached hydrogen (secondary N) is 2. The Balaban J connectivity index is 2.74. The van der Waals surface area contributed by atoms with Crippen LogP contribution in [-0.4, -0.2) is 54.9 Å². The largest absolute Gasteiger partial charge is 0.494 e. The molecule has 1 aromatic carbocycles. The molecule has 9 heteroatoms. The van der Waals surface area contributed by atoms with E-state index in [1.54, 1.807) is 18.9 Å². The summed E-state index contributed by atoms with van der Waals surface area (Å²) < 4.78 is 5.09. The first kappa shape index (κ1) is 20.4. The molecule has 1 atom stereocenters. The summed E-state index contributed by atoms with van der Waals surface area (Å²) in [6.07, 6.45) is 0.839. The Morgan fingerprint density at radius 2 is 2.08 bits per heavy atom. The molecular formula is C16H24N4O5. The van der Waals surface area contributed by atoms with Gasteiger partial charge in [0.25, 0.3) is 5.69 Å². The standard InChI is InChI=1S/C16H24N4O5/c1-5-8-17-15(21)10-19(3)11(2)16(22)18-13-7-6-12(20(23)24)9-14(13)25-4/h6-7,9,11H,5,8,10H2,1-4H3,(H,17,21)(H,18,22)/t11-/m0/s1. The van der Waals surface area contributed by atoms with Gasteiger partial charge in [0.05, 0.1) is 36.4 Å².